The van der Waals surface area contributed by atoms with Crippen molar-refractivity contribution in [3.63, 3.8) is 0 Å². The molecule has 0 bridgehead atoms. The maximum absolute atomic E-state index is 13.1. The Morgan fingerprint density at radius 3 is 2.12 bits per heavy atom. The van der Waals surface area contributed by atoms with Gasteiger partial charge in [0.2, 0.25) is 17.6 Å². The molecule has 10 nitrogen and oxygen atoms in total. The zero-order chi connectivity index (χ0) is 31.7. The lowest BCUT2D eigenvalue weighted by Gasteiger charge is -2.31. The van der Waals surface area contributed by atoms with Crippen LogP contribution < -0.4 is 21.3 Å². The van der Waals surface area contributed by atoms with Crippen molar-refractivity contribution in [3.8, 4) is 12.3 Å². The predicted molar refractivity (Wildman–Crippen MR) is 162 cm³/mol. The van der Waals surface area contributed by atoms with Gasteiger partial charge in [0.1, 0.15) is 12.1 Å². The van der Waals surface area contributed by atoms with Crippen LogP contribution >= 0.6 is 0 Å². The van der Waals surface area contributed by atoms with Crippen molar-refractivity contribution in [1.82, 2.24) is 26.2 Å². The van der Waals surface area contributed by atoms with Crippen LogP contribution in [0.25, 0.3) is 0 Å². The van der Waals surface area contributed by atoms with Crippen LogP contribution in [0, 0.1) is 18.3 Å². The Balaban J connectivity index is -0.00000178. The Bertz CT molecular complexity index is 807. The molecule has 0 radical (unpaired) electrons. The summed E-state index contributed by atoms with van der Waals surface area (Å²) in [6, 6.07) is -2.64. The number of Topliss-reactive ketones (excluding diaryl/α,β-unsaturated/α-hetero) is 1. The van der Waals surface area contributed by atoms with Crippen molar-refractivity contribution in [1.29, 1.82) is 0 Å². The first-order chi connectivity index (χ1) is 19.1. The van der Waals surface area contributed by atoms with Gasteiger partial charge < -0.3 is 26.2 Å². The molecule has 0 aromatic heterocycles. The fourth-order valence-corrected chi connectivity index (χ4v) is 3.57. The van der Waals surface area contributed by atoms with Crippen LogP contribution in [0.4, 0.5) is 4.79 Å². The SMILES string of the molecule is C#CCCC(CC(=O)C(=O)NCC=C)NC(=O)C1CCCN1C(=O)C(NC(=O)NC)C(C)C.CC.CC.CCC. The molecule has 0 saturated carbocycles. The first-order valence-corrected chi connectivity index (χ1v) is 14.5. The highest BCUT2D eigenvalue weighted by Gasteiger charge is 2.39. The van der Waals surface area contributed by atoms with E-state index < -0.39 is 41.8 Å². The van der Waals surface area contributed by atoms with Gasteiger partial charge in [-0.1, -0.05) is 67.9 Å². The number of carbonyl (C=O) groups is 5. The minimum absolute atomic E-state index is 0.159. The molecule has 40 heavy (non-hydrogen) atoms. The number of hydrogen-bond donors (Lipinski definition) is 4. The van der Waals surface area contributed by atoms with Crippen LogP contribution in [0.15, 0.2) is 12.7 Å². The lowest BCUT2D eigenvalue weighted by molar-refractivity contribution is -0.141. The second-order valence-electron chi connectivity index (χ2n) is 8.92. The van der Waals surface area contributed by atoms with Gasteiger partial charge in [-0.25, -0.2) is 4.79 Å². The number of likely N-dealkylation sites (tertiary alicyclic amines) is 1. The first-order valence-electron chi connectivity index (χ1n) is 14.5. The van der Waals surface area contributed by atoms with E-state index in [9.17, 15) is 24.0 Å². The number of hydrogen-bond acceptors (Lipinski definition) is 5. The first kappa shape index (κ1) is 41.1. The number of rotatable bonds is 12. The lowest BCUT2D eigenvalue weighted by Crippen LogP contribution is -2.57. The Hall–Kier alpha value is -3.35. The normalized spacial score (nSPS) is 14.6. The fourth-order valence-electron chi connectivity index (χ4n) is 3.57. The van der Waals surface area contributed by atoms with Crippen LogP contribution in [-0.4, -0.2) is 72.7 Å². The number of terminal acetylenes is 1. The Kier molecular flexibility index (Phi) is 26.6. The molecule has 3 unspecified atom stereocenters. The van der Waals surface area contributed by atoms with Gasteiger partial charge in [-0.05, 0) is 25.2 Å². The highest BCUT2D eigenvalue weighted by Crippen LogP contribution is 2.21. The van der Waals surface area contributed by atoms with Crippen molar-refractivity contribution in [2.45, 2.75) is 112 Å². The molecule has 4 N–H and O–H groups in total. The van der Waals surface area contributed by atoms with Crippen molar-refractivity contribution in [2.24, 2.45) is 5.92 Å². The second kappa shape index (κ2) is 25.9. The van der Waals surface area contributed by atoms with E-state index >= 15 is 0 Å². The van der Waals surface area contributed by atoms with Crippen LogP contribution in [0.1, 0.15) is 93.9 Å². The lowest BCUT2D eigenvalue weighted by atomic mass is 10.0. The average Bonchev–Trinajstić information content (AvgIpc) is 3.45. The largest absolute Gasteiger partial charge is 0.351 e. The number of amides is 5. The molecule has 1 aliphatic rings. The third-order valence-corrected chi connectivity index (χ3v) is 5.36. The zero-order valence-corrected chi connectivity index (χ0v) is 26.3. The van der Waals surface area contributed by atoms with Gasteiger partial charge >= 0.3 is 6.03 Å². The molecule has 0 aromatic carbocycles. The standard InChI is InChI=1S/C23H35N5O5.C3H8.2C2H6/c1-6-8-10-16(14-18(29)21(31)25-12-7-2)26-20(30)17-11-9-13-28(17)22(32)19(15(3)4)27-23(33)24-5;1-3-2;2*1-2/h1,7,15-17,19H,2,8-14H2,3-5H3,(H,25,31)(H,26,30)(H2,24,27,33);3H2,1-2H3;2*1-2H3. The number of nitrogens with one attached hydrogen (secondary N) is 4. The molecule has 1 aliphatic heterocycles. The summed E-state index contributed by atoms with van der Waals surface area (Å²) >= 11 is 0. The van der Waals surface area contributed by atoms with Crippen LogP contribution in [0.5, 0.6) is 0 Å². The van der Waals surface area contributed by atoms with E-state index in [2.05, 4.69) is 47.6 Å². The summed E-state index contributed by atoms with van der Waals surface area (Å²) in [5.74, 6) is 0.0992. The maximum atomic E-state index is 13.1. The summed E-state index contributed by atoms with van der Waals surface area (Å²) in [4.78, 5) is 63.5. The molecule has 3 atom stereocenters. The molecular weight excluding hydrogens is 510 g/mol. The summed E-state index contributed by atoms with van der Waals surface area (Å²) < 4.78 is 0. The monoisotopic (exact) mass is 565 g/mol. The molecule has 1 fully saturated rings. The average molecular weight is 566 g/mol. The van der Waals surface area contributed by atoms with Crippen molar-refractivity contribution in [2.75, 3.05) is 20.1 Å². The number of urea groups is 1. The summed E-state index contributed by atoms with van der Waals surface area (Å²) in [7, 11) is 1.46. The third-order valence-electron chi connectivity index (χ3n) is 5.36. The Labute approximate surface area is 242 Å². The van der Waals surface area contributed by atoms with E-state index in [-0.39, 0.29) is 24.8 Å². The van der Waals surface area contributed by atoms with Crippen molar-refractivity contribution < 1.29 is 24.0 Å². The van der Waals surface area contributed by atoms with Crippen molar-refractivity contribution >= 4 is 29.5 Å². The topological polar surface area (TPSA) is 137 Å². The van der Waals surface area contributed by atoms with Gasteiger partial charge in [-0.3, -0.25) is 19.2 Å². The number of carbonyl (C=O) groups excluding carboxylic acids is 5. The van der Waals surface area contributed by atoms with Crippen LogP contribution in [0.3, 0.4) is 0 Å². The molecule has 1 saturated heterocycles. The van der Waals surface area contributed by atoms with Crippen molar-refractivity contribution in [3.05, 3.63) is 12.7 Å². The number of ketones is 1. The second-order valence-corrected chi connectivity index (χ2v) is 8.92. The van der Waals surface area contributed by atoms with E-state index in [0.29, 0.717) is 32.2 Å². The smallest absolute Gasteiger partial charge is 0.315 e. The Morgan fingerprint density at radius 1 is 1.07 bits per heavy atom. The summed E-state index contributed by atoms with van der Waals surface area (Å²) in [5, 5.41) is 10.3. The highest BCUT2D eigenvalue weighted by molar-refractivity contribution is 6.36. The van der Waals surface area contributed by atoms with E-state index in [1.807, 2.05) is 41.5 Å². The predicted octanol–water partition coefficient (Wildman–Crippen LogP) is 3.56. The van der Waals surface area contributed by atoms with Crippen LogP contribution in [-0.2, 0) is 19.2 Å². The van der Waals surface area contributed by atoms with E-state index in [1.165, 1.54) is 24.4 Å². The molecule has 1 heterocycles. The van der Waals surface area contributed by atoms with E-state index in [4.69, 9.17) is 6.42 Å². The summed E-state index contributed by atoms with van der Waals surface area (Å²) in [6.45, 7) is 19.9. The highest BCUT2D eigenvalue weighted by atomic mass is 16.2. The number of nitrogens with zero attached hydrogens (tertiary/aromatic N) is 1. The minimum atomic E-state index is -0.786. The van der Waals surface area contributed by atoms with E-state index in [0.717, 1.165) is 0 Å². The van der Waals surface area contributed by atoms with E-state index in [1.54, 1.807) is 0 Å². The fraction of sp³-hybridized carbons (Fsp3) is 0.700. The van der Waals surface area contributed by atoms with Gasteiger partial charge in [0, 0.05) is 39.0 Å². The van der Waals surface area contributed by atoms with Gasteiger partial charge in [-0.15, -0.1) is 18.9 Å². The molecular formula is C30H55N5O5. The summed E-state index contributed by atoms with van der Waals surface area (Å²) in [6.07, 6.45) is 9.55. The van der Waals surface area contributed by atoms with Gasteiger partial charge in [0.05, 0.1) is 0 Å². The molecule has 1 rings (SSSR count). The quantitative estimate of drug-likeness (QED) is 0.163. The molecule has 0 spiro atoms. The minimum Gasteiger partial charge on any atom is -0.351 e. The molecule has 0 aromatic rings. The maximum Gasteiger partial charge on any atom is 0.315 e. The molecule has 5 amide bonds. The third kappa shape index (κ3) is 16.6. The zero-order valence-electron chi connectivity index (χ0n) is 26.3. The summed E-state index contributed by atoms with van der Waals surface area (Å²) in [5.41, 5.74) is 0. The molecule has 230 valence electrons. The Morgan fingerprint density at radius 2 is 1.65 bits per heavy atom. The molecule has 0 aliphatic carbocycles. The molecule has 10 heteroatoms. The van der Waals surface area contributed by atoms with Gasteiger partial charge in [0.25, 0.3) is 5.91 Å². The van der Waals surface area contributed by atoms with Crippen LogP contribution in [0.2, 0.25) is 0 Å². The van der Waals surface area contributed by atoms with Gasteiger partial charge in [0.15, 0.2) is 0 Å². The van der Waals surface area contributed by atoms with Gasteiger partial charge in [-0.2, -0.15) is 0 Å².